The molecule has 0 aromatic carbocycles. The summed E-state index contributed by atoms with van der Waals surface area (Å²) in [6.45, 7) is 5.63. The van der Waals surface area contributed by atoms with E-state index in [0.29, 0.717) is 23.4 Å². The zero-order valence-corrected chi connectivity index (χ0v) is 11.5. The largest absolute Gasteiger partial charge is 0.462 e. The Hall–Kier alpha value is -3.07. The Morgan fingerprint density at radius 2 is 2.38 bits per heavy atom. The molecule has 6 heteroatoms. The lowest BCUT2D eigenvalue weighted by molar-refractivity contribution is 0.0526. The number of nitrogens with two attached hydrogens (primary N) is 1. The molecule has 2 aliphatic rings. The van der Waals surface area contributed by atoms with E-state index >= 15 is 0 Å². The van der Waals surface area contributed by atoms with E-state index in [9.17, 15) is 4.79 Å². The summed E-state index contributed by atoms with van der Waals surface area (Å²) in [4.78, 5) is 11.1. The Bertz CT molecular complexity index is 741. The van der Waals surface area contributed by atoms with Crippen molar-refractivity contribution in [3.05, 3.63) is 42.2 Å². The summed E-state index contributed by atoms with van der Waals surface area (Å²) >= 11 is 0. The van der Waals surface area contributed by atoms with Gasteiger partial charge in [-0.15, -0.1) is 0 Å². The summed E-state index contributed by atoms with van der Waals surface area (Å²) in [5.74, 6) is -0.356. The molecular weight excluding hydrogens is 268 g/mol. The van der Waals surface area contributed by atoms with Gasteiger partial charge in [-0.3, -0.25) is 0 Å². The Morgan fingerprint density at radius 1 is 1.62 bits per heavy atom. The van der Waals surface area contributed by atoms with Gasteiger partial charge >= 0.3 is 5.97 Å². The summed E-state index contributed by atoms with van der Waals surface area (Å²) in [5.41, 5.74) is 9.40. The van der Waals surface area contributed by atoms with Crippen molar-refractivity contribution >= 4 is 17.9 Å². The highest BCUT2D eigenvalue weighted by Gasteiger charge is 2.19. The lowest BCUT2D eigenvalue weighted by Crippen LogP contribution is -2.02. The molecule has 21 heavy (non-hydrogen) atoms. The molecule has 0 unspecified atom stereocenters. The smallest absolute Gasteiger partial charge is 0.341 e. The van der Waals surface area contributed by atoms with Gasteiger partial charge in [0.15, 0.2) is 0 Å². The maximum Gasteiger partial charge on any atom is 0.341 e. The number of fused-ring (bicyclic) bond motifs is 1. The summed E-state index contributed by atoms with van der Waals surface area (Å²) in [5, 5.41) is 12.3. The third kappa shape index (κ3) is 3.09. The number of ether oxygens (including phenoxy) is 1. The van der Waals surface area contributed by atoms with Crippen LogP contribution in [0, 0.1) is 11.3 Å². The molecule has 1 aromatic rings. The van der Waals surface area contributed by atoms with Crippen LogP contribution in [0.15, 0.2) is 31.1 Å². The molecule has 0 atom stereocenters. The SMILES string of the molecule is C=Cn1cc(C(=O)OCC)cn1.N#Cc1cc2cc-2c1N. The van der Waals surface area contributed by atoms with Crippen LogP contribution < -0.4 is 5.73 Å². The average Bonchev–Trinajstić information content (AvgIpc) is 2.96. The quantitative estimate of drug-likeness (QED) is 0.587. The van der Waals surface area contributed by atoms with E-state index in [1.165, 1.54) is 17.1 Å². The van der Waals surface area contributed by atoms with E-state index < -0.39 is 0 Å². The van der Waals surface area contributed by atoms with Crippen molar-refractivity contribution in [3.8, 4) is 17.2 Å². The van der Waals surface area contributed by atoms with Gasteiger partial charge in [0.2, 0.25) is 0 Å². The molecule has 0 saturated heterocycles. The fourth-order valence-corrected chi connectivity index (χ4v) is 1.70. The third-order valence-corrected chi connectivity index (χ3v) is 2.83. The van der Waals surface area contributed by atoms with Gasteiger partial charge in [-0.1, -0.05) is 6.58 Å². The second-order valence-electron chi connectivity index (χ2n) is 4.21. The zero-order chi connectivity index (χ0) is 15.4. The van der Waals surface area contributed by atoms with Crippen molar-refractivity contribution in [2.45, 2.75) is 6.92 Å². The summed E-state index contributed by atoms with van der Waals surface area (Å²) in [7, 11) is 0. The lowest BCUT2D eigenvalue weighted by atomic mass is 10.3. The Balaban J connectivity index is 0.000000159. The van der Waals surface area contributed by atoms with Crippen LogP contribution in [0.1, 0.15) is 22.8 Å². The second kappa shape index (κ2) is 5.92. The van der Waals surface area contributed by atoms with Crippen molar-refractivity contribution in [2.75, 3.05) is 12.3 Å². The summed E-state index contributed by atoms with van der Waals surface area (Å²) in [6.07, 6.45) is 4.51. The second-order valence-corrected chi connectivity index (χ2v) is 4.21. The first-order valence-corrected chi connectivity index (χ1v) is 6.28. The van der Waals surface area contributed by atoms with E-state index in [-0.39, 0.29) is 5.97 Å². The van der Waals surface area contributed by atoms with Gasteiger partial charge in [-0.2, -0.15) is 10.4 Å². The van der Waals surface area contributed by atoms with Crippen LogP contribution in [0.5, 0.6) is 0 Å². The molecule has 6 nitrogen and oxygen atoms in total. The Labute approximate surface area is 122 Å². The number of rotatable bonds is 3. The van der Waals surface area contributed by atoms with Crippen LogP contribution >= 0.6 is 0 Å². The number of carbonyl (C=O) groups excluding carboxylic acids is 1. The monoisotopic (exact) mass is 282 g/mol. The minimum atomic E-state index is -0.356. The van der Waals surface area contributed by atoms with Crippen molar-refractivity contribution in [1.29, 1.82) is 5.26 Å². The molecule has 1 aromatic heterocycles. The number of hydrogen-bond acceptors (Lipinski definition) is 5. The number of nitrogens with zero attached hydrogens (tertiary/aromatic N) is 3. The number of anilines is 1. The van der Waals surface area contributed by atoms with E-state index in [0.717, 1.165) is 11.1 Å². The minimum Gasteiger partial charge on any atom is -0.462 e. The number of hydrogen-bond donors (Lipinski definition) is 1. The van der Waals surface area contributed by atoms with Crippen molar-refractivity contribution < 1.29 is 9.53 Å². The lowest BCUT2D eigenvalue weighted by Gasteiger charge is -1.95. The topological polar surface area (TPSA) is 93.9 Å². The number of nitrogen functional groups attached to an aromatic ring is 1. The molecule has 0 bridgehead atoms. The normalized spacial score (nSPS) is 9.90. The standard InChI is InChI=1S/C8H10N2O2.C7H4N2/c1-3-10-6-7(5-9-10)8(11)12-4-2;8-3-5-1-4-2-6(4)7(5)9/h3,5-6H,1,4H2,2H3;1-2H,9H2. The van der Waals surface area contributed by atoms with Crippen LogP contribution in [-0.4, -0.2) is 22.4 Å². The van der Waals surface area contributed by atoms with Gasteiger partial charge in [-0.25, -0.2) is 9.48 Å². The fraction of sp³-hybridized carbons (Fsp3) is 0.133. The first-order chi connectivity index (χ1) is 10.1. The number of aromatic nitrogens is 2. The van der Waals surface area contributed by atoms with E-state index in [4.69, 9.17) is 15.7 Å². The molecule has 1 heterocycles. The molecular formula is C15H14N4O2. The molecule has 0 fully saturated rings. The van der Waals surface area contributed by atoms with E-state index in [1.54, 1.807) is 13.1 Å². The van der Waals surface area contributed by atoms with Gasteiger partial charge in [0.1, 0.15) is 6.07 Å². The van der Waals surface area contributed by atoms with Crippen molar-refractivity contribution in [1.82, 2.24) is 9.78 Å². The summed E-state index contributed by atoms with van der Waals surface area (Å²) < 4.78 is 6.21. The van der Waals surface area contributed by atoms with Gasteiger partial charge in [0.25, 0.3) is 0 Å². The highest BCUT2D eigenvalue weighted by Crippen LogP contribution is 2.42. The van der Waals surface area contributed by atoms with Crippen LogP contribution in [0.25, 0.3) is 17.3 Å². The maximum absolute atomic E-state index is 11.1. The minimum absolute atomic E-state index is 0.356. The molecule has 3 rings (SSSR count). The van der Waals surface area contributed by atoms with E-state index in [2.05, 4.69) is 11.7 Å². The molecule has 0 spiro atoms. The number of nitriles is 1. The Kier molecular flexibility index (Phi) is 4.05. The number of esters is 1. The highest BCUT2D eigenvalue weighted by atomic mass is 16.5. The third-order valence-electron chi connectivity index (χ3n) is 2.83. The first kappa shape index (κ1) is 14.3. The van der Waals surface area contributed by atoms with Crippen molar-refractivity contribution in [2.24, 2.45) is 0 Å². The maximum atomic E-state index is 11.1. The van der Waals surface area contributed by atoms with Gasteiger partial charge in [-0.05, 0) is 24.6 Å². The number of carbonyl (C=O) groups is 1. The van der Waals surface area contributed by atoms with E-state index in [1.807, 2.05) is 18.2 Å². The van der Waals surface area contributed by atoms with Gasteiger partial charge in [0.05, 0.1) is 29.6 Å². The highest BCUT2D eigenvalue weighted by molar-refractivity contribution is 5.95. The van der Waals surface area contributed by atoms with Crippen LogP contribution in [0.3, 0.4) is 0 Å². The Morgan fingerprint density at radius 3 is 2.81 bits per heavy atom. The number of benzene rings is 1. The molecule has 2 aliphatic carbocycles. The molecule has 0 radical (unpaired) electrons. The zero-order valence-electron chi connectivity index (χ0n) is 11.5. The molecule has 0 amide bonds. The van der Waals surface area contributed by atoms with Gasteiger partial charge in [0, 0.05) is 18.0 Å². The first-order valence-electron chi connectivity index (χ1n) is 6.28. The van der Waals surface area contributed by atoms with Crippen LogP contribution in [-0.2, 0) is 4.74 Å². The predicted octanol–water partition coefficient (Wildman–Crippen LogP) is 2.28. The molecule has 0 saturated carbocycles. The predicted molar refractivity (Wildman–Crippen MR) is 79.1 cm³/mol. The fourth-order valence-electron chi connectivity index (χ4n) is 1.70. The molecule has 0 aliphatic heterocycles. The van der Waals surface area contributed by atoms with Gasteiger partial charge < -0.3 is 10.5 Å². The summed E-state index contributed by atoms with van der Waals surface area (Å²) in [6, 6.07) is 5.79. The van der Waals surface area contributed by atoms with Crippen LogP contribution in [0.4, 0.5) is 5.69 Å². The average molecular weight is 282 g/mol. The van der Waals surface area contributed by atoms with Crippen molar-refractivity contribution in [3.63, 3.8) is 0 Å². The van der Waals surface area contributed by atoms with Crippen LogP contribution in [0.2, 0.25) is 0 Å². The molecule has 2 N–H and O–H groups in total. The molecule has 106 valence electrons.